The number of aliphatic hydroxyl groups excluding tert-OH is 2. The monoisotopic (exact) mass is 522 g/mol. The number of anilines is 2. The van der Waals surface area contributed by atoms with E-state index in [0.717, 1.165) is 50.5 Å². The zero-order valence-electron chi connectivity index (χ0n) is 21.6. The fourth-order valence-corrected chi connectivity index (χ4v) is 5.06. The standard InChI is InChI=1S/C17H19ClN2S.C10H24N2O2/c1-19(2)10-5-11-20-14-6-3-4-7-16(14)21-17-9-8-13(18)12-15(17)20;1-3-9(7-13)11-5-6-12-10(4-2)8-14/h3-4,6-9,12H,5,10-11H2,1-2H3;9-14H,3-8H2,1-2H3/t;9-,10-/m.0/s1. The molecule has 4 N–H and O–H groups in total. The largest absolute Gasteiger partial charge is 0.395 e. The first-order valence-corrected chi connectivity index (χ1v) is 13.8. The SMILES string of the molecule is CC[C@@H](CO)NCCN[C@@H](CC)CO.CN(C)CCCN1c2ccccc2Sc2ccc(Cl)cc21. The molecule has 1 heterocycles. The fraction of sp³-hybridized carbons (Fsp3) is 0.556. The summed E-state index contributed by atoms with van der Waals surface area (Å²) in [6, 6.07) is 15.2. The molecule has 0 radical (unpaired) electrons. The van der Waals surface area contributed by atoms with Crippen molar-refractivity contribution in [3.8, 4) is 0 Å². The smallest absolute Gasteiger partial charge is 0.0584 e. The molecule has 2 aromatic carbocycles. The Morgan fingerprint density at radius 2 is 1.51 bits per heavy atom. The van der Waals surface area contributed by atoms with E-state index < -0.39 is 0 Å². The molecule has 2 atom stereocenters. The highest BCUT2D eigenvalue weighted by atomic mass is 35.5. The maximum atomic E-state index is 8.90. The lowest BCUT2D eigenvalue weighted by Crippen LogP contribution is -2.40. The zero-order valence-corrected chi connectivity index (χ0v) is 23.2. The summed E-state index contributed by atoms with van der Waals surface area (Å²) in [6.45, 7) is 8.21. The molecule has 0 saturated carbocycles. The van der Waals surface area contributed by atoms with E-state index in [-0.39, 0.29) is 25.3 Å². The lowest BCUT2D eigenvalue weighted by atomic mass is 10.2. The lowest BCUT2D eigenvalue weighted by molar-refractivity contribution is 0.229. The van der Waals surface area contributed by atoms with Crippen LogP contribution in [0.5, 0.6) is 0 Å². The molecule has 196 valence electrons. The van der Waals surface area contributed by atoms with E-state index in [0.29, 0.717) is 0 Å². The molecule has 0 fully saturated rings. The Morgan fingerprint density at radius 3 is 2.09 bits per heavy atom. The number of benzene rings is 2. The van der Waals surface area contributed by atoms with Crippen LogP contribution in [-0.2, 0) is 0 Å². The molecule has 6 nitrogen and oxygen atoms in total. The summed E-state index contributed by atoms with van der Waals surface area (Å²) in [5.41, 5.74) is 2.51. The number of aliphatic hydroxyl groups is 2. The third-order valence-electron chi connectivity index (χ3n) is 5.99. The van der Waals surface area contributed by atoms with Crippen molar-refractivity contribution >= 4 is 34.7 Å². The molecule has 0 bridgehead atoms. The summed E-state index contributed by atoms with van der Waals surface area (Å²) >= 11 is 8.03. The molecule has 0 saturated heterocycles. The van der Waals surface area contributed by atoms with Gasteiger partial charge < -0.3 is 30.6 Å². The predicted octanol–water partition coefficient (Wildman–Crippen LogP) is 4.60. The number of para-hydroxylation sites is 1. The molecular weight excluding hydrogens is 480 g/mol. The van der Waals surface area contributed by atoms with E-state index in [2.05, 4.69) is 70.9 Å². The van der Waals surface area contributed by atoms with Crippen molar-refractivity contribution in [3.63, 3.8) is 0 Å². The molecule has 0 unspecified atom stereocenters. The van der Waals surface area contributed by atoms with Gasteiger partial charge in [0.25, 0.3) is 0 Å². The number of nitrogens with zero attached hydrogens (tertiary/aromatic N) is 2. The molecule has 0 aromatic heterocycles. The Labute approximate surface area is 221 Å². The molecule has 0 aliphatic carbocycles. The van der Waals surface area contributed by atoms with Gasteiger partial charge in [-0.1, -0.05) is 49.3 Å². The first-order chi connectivity index (χ1) is 16.9. The van der Waals surface area contributed by atoms with Gasteiger partial charge >= 0.3 is 0 Å². The third-order valence-corrected chi connectivity index (χ3v) is 7.36. The minimum Gasteiger partial charge on any atom is -0.395 e. The number of nitrogens with one attached hydrogen (secondary N) is 2. The van der Waals surface area contributed by atoms with Gasteiger partial charge in [0.1, 0.15) is 0 Å². The van der Waals surface area contributed by atoms with Crippen molar-refractivity contribution in [1.29, 1.82) is 0 Å². The molecule has 1 aliphatic rings. The van der Waals surface area contributed by atoms with Gasteiger partial charge in [-0.05, 0) is 70.2 Å². The van der Waals surface area contributed by atoms with Crippen LogP contribution in [0.25, 0.3) is 0 Å². The highest BCUT2D eigenvalue weighted by Crippen LogP contribution is 2.48. The maximum absolute atomic E-state index is 8.90. The van der Waals surface area contributed by atoms with Crippen LogP contribution in [0, 0.1) is 0 Å². The summed E-state index contributed by atoms with van der Waals surface area (Å²) in [6.07, 6.45) is 3.00. The number of halogens is 1. The second-order valence-corrected chi connectivity index (χ2v) is 10.5. The van der Waals surface area contributed by atoms with Crippen LogP contribution in [0.1, 0.15) is 33.1 Å². The quantitative estimate of drug-likeness (QED) is 0.286. The highest BCUT2D eigenvalue weighted by Gasteiger charge is 2.23. The summed E-state index contributed by atoms with van der Waals surface area (Å²) in [4.78, 5) is 7.22. The van der Waals surface area contributed by atoms with Gasteiger partial charge in [0.05, 0.1) is 24.6 Å². The Balaban J connectivity index is 0.000000271. The zero-order chi connectivity index (χ0) is 25.6. The van der Waals surface area contributed by atoms with E-state index in [9.17, 15) is 0 Å². The number of hydrogen-bond donors (Lipinski definition) is 4. The number of fused-ring (bicyclic) bond motifs is 2. The Morgan fingerprint density at radius 1 is 0.914 bits per heavy atom. The third kappa shape index (κ3) is 9.92. The van der Waals surface area contributed by atoms with Gasteiger partial charge in [-0.3, -0.25) is 0 Å². The summed E-state index contributed by atoms with van der Waals surface area (Å²) < 4.78 is 0. The van der Waals surface area contributed by atoms with E-state index in [1.807, 2.05) is 31.7 Å². The van der Waals surface area contributed by atoms with Gasteiger partial charge in [0.2, 0.25) is 0 Å². The van der Waals surface area contributed by atoms with Crippen LogP contribution in [0.3, 0.4) is 0 Å². The maximum Gasteiger partial charge on any atom is 0.0584 e. The van der Waals surface area contributed by atoms with Crippen LogP contribution in [-0.4, -0.2) is 80.7 Å². The van der Waals surface area contributed by atoms with E-state index in [1.54, 1.807) is 0 Å². The van der Waals surface area contributed by atoms with Crippen LogP contribution in [0.4, 0.5) is 11.4 Å². The summed E-state index contributed by atoms with van der Waals surface area (Å²) in [5.74, 6) is 0. The second-order valence-electron chi connectivity index (χ2n) is 8.97. The van der Waals surface area contributed by atoms with Crippen molar-refractivity contribution in [2.24, 2.45) is 0 Å². The van der Waals surface area contributed by atoms with Crippen molar-refractivity contribution in [2.45, 2.75) is 55.0 Å². The number of rotatable bonds is 13. The van der Waals surface area contributed by atoms with Crippen LogP contribution >= 0.6 is 23.4 Å². The molecule has 3 rings (SSSR count). The molecular formula is C27H43ClN4O2S. The molecule has 2 aromatic rings. The molecule has 8 heteroatoms. The van der Waals surface area contributed by atoms with Crippen LogP contribution in [0.2, 0.25) is 5.02 Å². The second kappa shape index (κ2) is 16.4. The van der Waals surface area contributed by atoms with E-state index in [1.165, 1.54) is 21.2 Å². The Kier molecular flexibility index (Phi) is 14.0. The predicted molar refractivity (Wildman–Crippen MR) is 151 cm³/mol. The molecule has 0 spiro atoms. The lowest BCUT2D eigenvalue weighted by Gasteiger charge is -2.33. The average molecular weight is 523 g/mol. The van der Waals surface area contributed by atoms with Gasteiger partial charge in [-0.15, -0.1) is 0 Å². The minimum atomic E-state index is 0.188. The van der Waals surface area contributed by atoms with Gasteiger partial charge in [0, 0.05) is 46.5 Å². The average Bonchev–Trinajstić information content (AvgIpc) is 2.86. The normalized spacial score (nSPS) is 14.1. The van der Waals surface area contributed by atoms with Crippen molar-refractivity contribution in [1.82, 2.24) is 15.5 Å². The summed E-state index contributed by atoms with van der Waals surface area (Å²) in [7, 11) is 4.23. The molecule has 35 heavy (non-hydrogen) atoms. The first-order valence-electron chi connectivity index (χ1n) is 12.6. The van der Waals surface area contributed by atoms with Gasteiger partial charge in [-0.25, -0.2) is 0 Å². The van der Waals surface area contributed by atoms with Gasteiger partial charge in [-0.2, -0.15) is 0 Å². The van der Waals surface area contributed by atoms with E-state index >= 15 is 0 Å². The number of hydrogen-bond acceptors (Lipinski definition) is 7. The van der Waals surface area contributed by atoms with Gasteiger partial charge in [0.15, 0.2) is 0 Å². The van der Waals surface area contributed by atoms with Crippen LogP contribution < -0.4 is 15.5 Å². The molecule has 1 aliphatic heterocycles. The first kappa shape index (κ1) is 29.9. The Hall–Kier alpha value is -1.32. The Bertz CT molecular complexity index is 849. The molecule has 0 amide bonds. The fourth-order valence-electron chi connectivity index (χ4n) is 3.82. The minimum absolute atomic E-state index is 0.188. The topological polar surface area (TPSA) is 71.0 Å². The van der Waals surface area contributed by atoms with E-state index in [4.69, 9.17) is 21.8 Å². The van der Waals surface area contributed by atoms with Crippen molar-refractivity contribution < 1.29 is 10.2 Å². The summed E-state index contributed by atoms with van der Waals surface area (Å²) in [5, 5.41) is 25.1. The van der Waals surface area contributed by atoms with Crippen molar-refractivity contribution in [3.05, 3.63) is 47.5 Å². The highest BCUT2D eigenvalue weighted by molar-refractivity contribution is 7.99. The van der Waals surface area contributed by atoms with Crippen molar-refractivity contribution in [2.75, 3.05) is 58.4 Å². The van der Waals surface area contributed by atoms with Crippen LogP contribution in [0.15, 0.2) is 52.3 Å².